The summed E-state index contributed by atoms with van der Waals surface area (Å²) in [7, 11) is 0. The number of nitrogens with zero attached hydrogens (tertiary/aromatic N) is 4. The normalized spacial score (nSPS) is 12.9. The van der Waals surface area contributed by atoms with Crippen molar-refractivity contribution in [2.75, 3.05) is 5.32 Å². The number of H-pyrrole nitrogens is 1. The number of aromatic nitrogens is 4. The molecule has 0 atom stereocenters. The fraction of sp³-hybridized carbons (Fsp3) is 0.182. The average molecular weight is 481 g/mol. The summed E-state index contributed by atoms with van der Waals surface area (Å²) >= 11 is 6.12. The van der Waals surface area contributed by atoms with Gasteiger partial charge >= 0.3 is 0 Å². The molecule has 0 unspecified atom stereocenters. The molecule has 172 valence electrons. The number of halogens is 1. The van der Waals surface area contributed by atoms with Gasteiger partial charge in [0, 0.05) is 23.8 Å². The number of carbonyl (C=O) groups is 1. The first-order valence-corrected chi connectivity index (χ1v) is 10.8. The molecule has 3 heterocycles. The van der Waals surface area contributed by atoms with Crippen LogP contribution in [-0.2, 0) is 12.8 Å². The van der Waals surface area contributed by atoms with Crippen molar-refractivity contribution in [1.82, 2.24) is 19.7 Å². The molecule has 0 radical (unpaired) electrons. The van der Waals surface area contributed by atoms with Crippen molar-refractivity contribution in [1.29, 1.82) is 0 Å². The zero-order valence-electron chi connectivity index (χ0n) is 17.6. The number of furan rings is 1. The van der Waals surface area contributed by atoms with Crippen molar-refractivity contribution in [2.45, 2.75) is 25.7 Å². The number of aryl methyl sites for hydroxylation is 1. The maximum absolute atomic E-state index is 13.0. The number of non-ortho nitro benzene ring substituents is 1. The van der Waals surface area contributed by atoms with Crippen molar-refractivity contribution >= 4 is 29.0 Å². The average Bonchev–Trinajstić information content (AvgIpc) is 3.49. The van der Waals surface area contributed by atoms with Crippen LogP contribution in [-0.4, -0.2) is 30.6 Å². The number of carbonyl (C=O) groups excluding carboxylic acids is 1. The topological polar surface area (TPSA) is 149 Å². The Hall–Kier alpha value is -4.25. The summed E-state index contributed by atoms with van der Waals surface area (Å²) in [6.07, 6.45) is 4.66. The third-order valence-electron chi connectivity index (χ3n) is 5.51. The maximum Gasteiger partial charge on any atom is 0.270 e. The molecule has 0 bridgehead atoms. The molecule has 1 aromatic carbocycles. The van der Waals surface area contributed by atoms with E-state index in [1.165, 1.54) is 23.1 Å². The lowest BCUT2D eigenvalue weighted by Gasteiger charge is -2.15. The standard InChI is InChI=1S/C22H17ClN6O5/c23-15-8-7-12(29(32)33)10-14(15)21(31)25-19-11-17(18-6-3-9-34-18)27-28(19)22-24-16-5-2-1-4-13(16)20(30)26-22/h3,6-11H,1-2,4-5H2,(H,25,31)(H,24,26,30). The van der Waals surface area contributed by atoms with Gasteiger partial charge in [-0.05, 0) is 43.9 Å². The van der Waals surface area contributed by atoms with E-state index in [1.54, 1.807) is 18.2 Å². The Morgan fingerprint density at radius 3 is 2.82 bits per heavy atom. The lowest BCUT2D eigenvalue weighted by molar-refractivity contribution is -0.384. The summed E-state index contributed by atoms with van der Waals surface area (Å²) in [4.78, 5) is 43.5. The number of hydrogen-bond donors (Lipinski definition) is 2. The Bertz CT molecular complexity index is 1470. The van der Waals surface area contributed by atoms with Gasteiger partial charge in [-0.2, -0.15) is 9.78 Å². The Labute approximate surface area is 196 Å². The number of rotatable bonds is 5. The molecule has 0 fully saturated rings. The van der Waals surface area contributed by atoms with E-state index < -0.39 is 10.8 Å². The van der Waals surface area contributed by atoms with Gasteiger partial charge in [0.05, 0.1) is 27.5 Å². The fourth-order valence-corrected chi connectivity index (χ4v) is 4.05. The number of benzene rings is 1. The van der Waals surface area contributed by atoms with E-state index in [1.807, 2.05) is 0 Å². The highest BCUT2D eigenvalue weighted by Crippen LogP contribution is 2.27. The maximum atomic E-state index is 13.0. The molecular weight excluding hydrogens is 464 g/mol. The molecule has 34 heavy (non-hydrogen) atoms. The molecular formula is C22H17ClN6O5. The van der Waals surface area contributed by atoms with Crippen LogP contribution in [0.1, 0.15) is 34.5 Å². The first-order chi connectivity index (χ1) is 16.4. The number of aromatic amines is 1. The highest BCUT2D eigenvalue weighted by atomic mass is 35.5. The smallest absolute Gasteiger partial charge is 0.270 e. The first kappa shape index (κ1) is 21.6. The third kappa shape index (κ3) is 3.97. The van der Waals surface area contributed by atoms with E-state index in [4.69, 9.17) is 16.0 Å². The van der Waals surface area contributed by atoms with Crippen molar-refractivity contribution in [3.63, 3.8) is 0 Å². The number of nitro groups is 1. The summed E-state index contributed by atoms with van der Waals surface area (Å²) in [5.74, 6) is 0.0332. The second-order valence-corrected chi connectivity index (χ2v) is 8.11. The Kier molecular flexibility index (Phi) is 5.46. The molecule has 11 nitrogen and oxygen atoms in total. The largest absolute Gasteiger partial charge is 0.463 e. The minimum Gasteiger partial charge on any atom is -0.463 e. The highest BCUT2D eigenvalue weighted by molar-refractivity contribution is 6.34. The molecule has 1 aliphatic rings. The van der Waals surface area contributed by atoms with Gasteiger partial charge in [-0.25, -0.2) is 4.98 Å². The number of nitrogens with one attached hydrogen (secondary N) is 2. The van der Waals surface area contributed by atoms with E-state index >= 15 is 0 Å². The van der Waals surface area contributed by atoms with Gasteiger partial charge in [0.2, 0.25) is 5.95 Å². The van der Waals surface area contributed by atoms with Crippen LogP contribution in [0.15, 0.2) is 51.9 Å². The zero-order valence-corrected chi connectivity index (χ0v) is 18.3. The molecule has 0 saturated carbocycles. The van der Waals surface area contributed by atoms with Gasteiger partial charge in [-0.15, -0.1) is 0 Å². The SMILES string of the molecule is O=C(Nc1cc(-c2ccco2)nn1-c1nc2c(c(=O)[nH]1)CCCC2)c1cc([N+](=O)[O-])ccc1Cl. The Morgan fingerprint density at radius 2 is 2.06 bits per heavy atom. The molecule has 0 spiro atoms. The van der Waals surface area contributed by atoms with E-state index in [2.05, 4.69) is 20.4 Å². The lowest BCUT2D eigenvalue weighted by Crippen LogP contribution is -2.24. The predicted octanol–water partition coefficient (Wildman–Crippen LogP) is 3.91. The lowest BCUT2D eigenvalue weighted by atomic mass is 9.97. The highest BCUT2D eigenvalue weighted by Gasteiger charge is 2.22. The summed E-state index contributed by atoms with van der Waals surface area (Å²) in [5, 5.41) is 18.3. The molecule has 1 aliphatic carbocycles. The van der Waals surface area contributed by atoms with E-state index in [-0.39, 0.29) is 33.6 Å². The van der Waals surface area contributed by atoms with Gasteiger partial charge in [0.1, 0.15) is 11.5 Å². The van der Waals surface area contributed by atoms with Gasteiger partial charge in [0.15, 0.2) is 5.76 Å². The molecule has 1 amide bonds. The molecule has 0 aliphatic heterocycles. The summed E-state index contributed by atoms with van der Waals surface area (Å²) in [5.41, 5.74) is 1.11. The molecule has 12 heteroatoms. The number of fused-ring (bicyclic) bond motifs is 1. The van der Waals surface area contributed by atoms with Gasteiger partial charge < -0.3 is 9.73 Å². The Morgan fingerprint density at radius 1 is 1.24 bits per heavy atom. The number of hydrogen-bond acceptors (Lipinski definition) is 7. The minimum atomic E-state index is -0.693. The first-order valence-electron chi connectivity index (χ1n) is 10.4. The van der Waals surface area contributed by atoms with Gasteiger partial charge in [0.25, 0.3) is 17.2 Å². The van der Waals surface area contributed by atoms with Crippen LogP contribution in [0.2, 0.25) is 5.02 Å². The molecule has 3 aromatic heterocycles. The summed E-state index contributed by atoms with van der Waals surface area (Å²) < 4.78 is 6.70. The van der Waals surface area contributed by atoms with Crippen molar-refractivity contribution in [3.8, 4) is 17.4 Å². The molecule has 0 saturated heterocycles. The van der Waals surface area contributed by atoms with Crippen LogP contribution < -0.4 is 10.9 Å². The van der Waals surface area contributed by atoms with Gasteiger partial charge in [-0.3, -0.25) is 24.7 Å². The Balaban J connectivity index is 1.58. The van der Waals surface area contributed by atoms with Crippen LogP contribution in [0, 0.1) is 10.1 Å². The quantitative estimate of drug-likeness (QED) is 0.325. The molecule has 4 aromatic rings. The van der Waals surface area contributed by atoms with Crippen LogP contribution in [0.4, 0.5) is 11.5 Å². The fourth-order valence-electron chi connectivity index (χ4n) is 3.85. The van der Waals surface area contributed by atoms with Crippen molar-refractivity contribution in [3.05, 3.63) is 85.0 Å². The monoisotopic (exact) mass is 480 g/mol. The minimum absolute atomic E-state index is 0.0423. The van der Waals surface area contributed by atoms with Crippen LogP contribution in [0.25, 0.3) is 17.4 Å². The number of nitro benzene ring substituents is 1. The van der Waals surface area contributed by atoms with Crippen LogP contribution in [0.5, 0.6) is 0 Å². The summed E-state index contributed by atoms with van der Waals surface area (Å²) in [6.45, 7) is 0. The van der Waals surface area contributed by atoms with E-state index in [0.717, 1.165) is 18.9 Å². The van der Waals surface area contributed by atoms with Crippen LogP contribution in [0.3, 0.4) is 0 Å². The summed E-state index contributed by atoms with van der Waals surface area (Å²) in [6, 6.07) is 8.50. The molecule has 2 N–H and O–H groups in total. The van der Waals surface area contributed by atoms with Crippen molar-refractivity contribution in [2.24, 2.45) is 0 Å². The second kappa shape index (κ2) is 8.60. The predicted molar refractivity (Wildman–Crippen MR) is 122 cm³/mol. The number of amides is 1. The third-order valence-corrected chi connectivity index (χ3v) is 5.84. The second-order valence-electron chi connectivity index (χ2n) is 7.70. The number of anilines is 1. The van der Waals surface area contributed by atoms with E-state index in [0.29, 0.717) is 35.6 Å². The van der Waals surface area contributed by atoms with Crippen LogP contribution >= 0.6 is 11.6 Å². The van der Waals surface area contributed by atoms with Crippen molar-refractivity contribution < 1.29 is 14.1 Å². The van der Waals surface area contributed by atoms with E-state index in [9.17, 15) is 19.7 Å². The van der Waals surface area contributed by atoms with Gasteiger partial charge in [-0.1, -0.05) is 11.6 Å². The zero-order chi connectivity index (χ0) is 23.8. The molecule has 5 rings (SSSR count).